The summed E-state index contributed by atoms with van der Waals surface area (Å²) >= 11 is 0. The smallest absolute Gasteiger partial charge is 0.319 e. The van der Waals surface area contributed by atoms with Crippen LogP contribution in [0, 0.1) is 0 Å². The van der Waals surface area contributed by atoms with Gasteiger partial charge in [-0.2, -0.15) is 0 Å². The Labute approximate surface area is 118 Å². The van der Waals surface area contributed by atoms with Crippen molar-refractivity contribution >= 4 is 17.6 Å². The lowest BCUT2D eigenvalue weighted by Crippen LogP contribution is -2.51. The molecule has 3 amide bonds. The minimum absolute atomic E-state index is 0.0866. The number of nitrogens with zero attached hydrogens (tertiary/aromatic N) is 1. The van der Waals surface area contributed by atoms with E-state index in [-0.39, 0.29) is 11.9 Å². The van der Waals surface area contributed by atoms with E-state index >= 15 is 0 Å². The van der Waals surface area contributed by atoms with Crippen LogP contribution in [0.15, 0.2) is 30.3 Å². The maximum absolute atomic E-state index is 12.1. The fraction of sp³-hybridized carbons (Fsp3) is 0.429. The third kappa shape index (κ3) is 3.96. The predicted molar refractivity (Wildman–Crippen MR) is 75.5 cm³/mol. The Morgan fingerprint density at radius 1 is 1.20 bits per heavy atom. The van der Waals surface area contributed by atoms with Gasteiger partial charge in [-0.25, -0.2) is 4.79 Å². The second-order valence-electron chi connectivity index (χ2n) is 4.62. The quantitative estimate of drug-likeness (QED) is 0.867. The highest BCUT2D eigenvalue weighted by Crippen LogP contribution is 2.05. The van der Waals surface area contributed by atoms with Crippen LogP contribution in [0.3, 0.4) is 0 Å². The molecule has 6 heteroatoms. The fourth-order valence-corrected chi connectivity index (χ4v) is 2.00. The van der Waals surface area contributed by atoms with E-state index in [0.717, 1.165) is 0 Å². The Balaban J connectivity index is 1.82. The van der Waals surface area contributed by atoms with Gasteiger partial charge >= 0.3 is 6.03 Å². The van der Waals surface area contributed by atoms with Gasteiger partial charge in [-0.15, -0.1) is 0 Å². The molecule has 0 spiro atoms. The number of ether oxygens (including phenoxy) is 1. The lowest BCUT2D eigenvalue weighted by Gasteiger charge is -2.29. The zero-order valence-electron chi connectivity index (χ0n) is 11.5. The van der Waals surface area contributed by atoms with E-state index in [1.54, 1.807) is 24.0 Å². The van der Waals surface area contributed by atoms with E-state index < -0.39 is 6.04 Å². The van der Waals surface area contributed by atoms with Crippen molar-refractivity contribution in [3.8, 4) is 0 Å². The molecule has 1 atom stereocenters. The van der Waals surface area contributed by atoms with Crippen molar-refractivity contribution in [2.45, 2.75) is 13.0 Å². The maximum atomic E-state index is 12.1. The highest BCUT2D eigenvalue weighted by atomic mass is 16.5. The average molecular weight is 277 g/mol. The van der Waals surface area contributed by atoms with Crippen LogP contribution >= 0.6 is 0 Å². The first-order chi connectivity index (χ1) is 9.66. The second kappa shape index (κ2) is 6.91. The first-order valence-electron chi connectivity index (χ1n) is 6.66. The number of hydrogen-bond donors (Lipinski definition) is 2. The van der Waals surface area contributed by atoms with Crippen LogP contribution in [0.2, 0.25) is 0 Å². The number of urea groups is 1. The summed E-state index contributed by atoms with van der Waals surface area (Å²) in [6.45, 7) is 3.93. The highest BCUT2D eigenvalue weighted by Gasteiger charge is 2.23. The van der Waals surface area contributed by atoms with Gasteiger partial charge in [-0.3, -0.25) is 4.79 Å². The van der Waals surface area contributed by atoms with E-state index in [0.29, 0.717) is 32.0 Å². The number of amides is 3. The number of rotatable bonds is 3. The van der Waals surface area contributed by atoms with Gasteiger partial charge < -0.3 is 20.3 Å². The molecule has 20 heavy (non-hydrogen) atoms. The molecule has 1 saturated heterocycles. The molecule has 1 aliphatic rings. The molecule has 2 rings (SSSR count). The third-order valence-electron chi connectivity index (χ3n) is 3.07. The molecule has 1 heterocycles. The van der Waals surface area contributed by atoms with E-state index in [1.165, 1.54) is 0 Å². The van der Waals surface area contributed by atoms with Crippen LogP contribution in [-0.2, 0) is 9.53 Å². The maximum Gasteiger partial charge on any atom is 0.319 e. The van der Waals surface area contributed by atoms with Crippen molar-refractivity contribution < 1.29 is 14.3 Å². The summed E-state index contributed by atoms with van der Waals surface area (Å²) in [6, 6.07) is 8.16. The summed E-state index contributed by atoms with van der Waals surface area (Å²) in [7, 11) is 0. The van der Waals surface area contributed by atoms with Crippen LogP contribution in [0.1, 0.15) is 6.92 Å². The van der Waals surface area contributed by atoms with Gasteiger partial charge in [0.15, 0.2) is 0 Å². The molecule has 108 valence electrons. The van der Waals surface area contributed by atoms with Crippen molar-refractivity contribution in [1.29, 1.82) is 0 Å². The Morgan fingerprint density at radius 2 is 1.85 bits per heavy atom. The zero-order valence-corrected chi connectivity index (χ0v) is 11.5. The van der Waals surface area contributed by atoms with Crippen molar-refractivity contribution in [2.24, 2.45) is 0 Å². The van der Waals surface area contributed by atoms with Gasteiger partial charge in [-0.1, -0.05) is 18.2 Å². The van der Waals surface area contributed by atoms with E-state index in [4.69, 9.17) is 4.74 Å². The molecule has 1 aliphatic heterocycles. The molecule has 0 aromatic heterocycles. The zero-order chi connectivity index (χ0) is 14.4. The molecule has 0 saturated carbocycles. The predicted octanol–water partition coefficient (Wildman–Crippen LogP) is 1.06. The standard InChI is InChI=1S/C14H19N3O3/c1-11(13(18)17-7-9-20-10-8-17)15-14(19)16-12-5-3-2-4-6-12/h2-6,11H,7-10H2,1H3,(H2,15,16,19). The van der Waals surface area contributed by atoms with E-state index in [9.17, 15) is 9.59 Å². The third-order valence-corrected chi connectivity index (χ3v) is 3.07. The second-order valence-corrected chi connectivity index (χ2v) is 4.62. The molecular formula is C14H19N3O3. The number of hydrogen-bond acceptors (Lipinski definition) is 3. The molecule has 0 bridgehead atoms. The molecule has 1 unspecified atom stereocenters. The molecule has 1 aromatic rings. The van der Waals surface area contributed by atoms with Crippen LogP contribution in [0.25, 0.3) is 0 Å². The van der Waals surface area contributed by atoms with Crippen LogP contribution in [-0.4, -0.2) is 49.2 Å². The summed E-state index contributed by atoms with van der Waals surface area (Å²) < 4.78 is 5.20. The fourth-order valence-electron chi connectivity index (χ4n) is 2.00. The molecule has 6 nitrogen and oxygen atoms in total. The first-order valence-corrected chi connectivity index (χ1v) is 6.66. The Bertz CT molecular complexity index is 458. The van der Waals surface area contributed by atoms with Crippen molar-refractivity contribution in [3.05, 3.63) is 30.3 Å². The van der Waals surface area contributed by atoms with Crippen LogP contribution in [0.4, 0.5) is 10.5 Å². The number of benzene rings is 1. The van der Waals surface area contributed by atoms with E-state index in [2.05, 4.69) is 10.6 Å². The molecule has 2 N–H and O–H groups in total. The van der Waals surface area contributed by atoms with Gasteiger partial charge in [0.2, 0.25) is 5.91 Å². The highest BCUT2D eigenvalue weighted by molar-refractivity contribution is 5.93. The summed E-state index contributed by atoms with van der Waals surface area (Å²) in [6.07, 6.45) is 0. The molecule has 0 aliphatic carbocycles. The van der Waals surface area contributed by atoms with Crippen molar-refractivity contribution in [3.63, 3.8) is 0 Å². The summed E-state index contributed by atoms with van der Waals surface area (Å²) in [5.74, 6) is -0.0866. The van der Waals surface area contributed by atoms with Crippen molar-refractivity contribution in [2.75, 3.05) is 31.6 Å². The normalized spacial score (nSPS) is 16.4. The summed E-state index contributed by atoms with van der Waals surface area (Å²) in [5, 5.41) is 5.33. The molecular weight excluding hydrogens is 258 g/mol. The molecule has 1 aromatic carbocycles. The topological polar surface area (TPSA) is 70.7 Å². The Kier molecular flexibility index (Phi) is 4.95. The number of anilines is 1. The SMILES string of the molecule is CC(NC(=O)Nc1ccccc1)C(=O)N1CCOCC1. The van der Waals surface area contributed by atoms with Gasteiger partial charge in [0.05, 0.1) is 13.2 Å². The molecule has 1 fully saturated rings. The van der Waals surface area contributed by atoms with Gasteiger partial charge in [0.1, 0.15) is 6.04 Å². The van der Waals surface area contributed by atoms with E-state index in [1.807, 2.05) is 18.2 Å². The summed E-state index contributed by atoms with van der Waals surface area (Å²) in [4.78, 5) is 25.6. The van der Waals surface area contributed by atoms with Crippen molar-refractivity contribution in [1.82, 2.24) is 10.2 Å². The number of morpholine rings is 1. The van der Waals surface area contributed by atoms with Crippen LogP contribution < -0.4 is 10.6 Å². The summed E-state index contributed by atoms with van der Waals surface area (Å²) in [5.41, 5.74) is 0.691. The Hall–Kier alpha value is -2.08. The molecule has 0 radical (unpaired) electrons. The van der Waals surface area contributed by atoms with Crippen LogP contribution in [0.5, 0.6) is 0 Å². The Morgan fingerprint density at radius 3 is 2.50 bits per heavy atom. The lowest BCUT2D eigenvalue weighted by molar-refractivity contribution is -0.136. The first kappa shape index (κ1) is 14.3. The largest absolute Gasteiger partial charge is 0.378 e. The monoisotopic (exact) mass is 277 g/mol. The van der Waals surface area contributed by atoms with Gasteiger partial charge in [0.25, 0.3) is 0 Å². The number of para-hydroxylation sites is 1. The number of carbonyl (C=O) groups excluding carboxylic acids is 2. The average Bonchev–Trinajstić information content (AvgIpc) is 2.48. The van der Waals surface area contributed by atoms with Gasteiger partial charge in [0, 0.05) is 18.8 Å². The minimum atomic E-state index is -0.559. The minimum Gasteiger partial charge on any atom is -0.378 e. The lowest BCUT2D eigenvalue weighted by atomic mass is 10.2. The van der Waals surface area contributed by atoms with Gasteiger partial charge in [-0.05, 0) is 19.1 Å². The number of carbonyl (C=O) groups is 2. The number of nitrogens with one attached hydrogen (secondary N) is 2.